The van der Waals surface area contributed by atoms with Crippen molar-refractivity contribution in [3.05, 3.63) is 70.8 Å². The van der Waals surface area contributed by atoms with Crippen molar-refractivity contribution in [3.8, 4) is 0 Å². The van der Waals surface area contributed by atoms with Gasteiger partial charge in [-0.25, -0.2) is 12.7 Å². The molecule has 1 aliphatic rings. The SMILES string of the molecule is Cc1ccc(CS(=O)(=O)N2CCC(C(=O)NCc3cccc(C(F)(F)F)c3)CC2)cc1. The van der Waals surface area contributed by atoms with E-state index in [0.29, 0.717) is 24.0 Å². The molecule has 0 spiro atoms. The number of nitrogens with one attached hydrogen (secondary N) is 1. The molecule has 1 N–H and O–H groups in total. The van der Waals surface area contributed by atoms with Crippen LogP contribution in [-0.4, -0.2) is 31.7 Å². The Morgan fingerprint density at radius 2 is 1.71 bits per heavy atom. The van der Waals surface area contributed by atoms with Crippen LogP contribution in [0, 0.1) is 12.8 Å². The zero-order valence-corrected chi connectivity index (χ0v) is 18.0. The molecule has 2 aromatic carbocycles. The number of alkyl halides is 3. The number of halogens is 3. The van der Waals surface area contributed by atoms with Crippen LogP contribution in [0.1, 0.15) is 35.1 Å². The number of hydrogen-bond donors (Lipinski definition) is 1. The minimum atomic E-state index is -4.43. The van der Waals surface area contributed by atoms with Crippen LogP contribution in [0.25, 0.3) is 0 Å². The predicted molar refractivity (Wildman–Crippen MR) is 111 cm³/mol. The summed E-state index contributed by atoms with van der Waals surface area (Å²) in [6.07, 6.45) is -3.68. The van der Waals surface area contributed by atoms with E-state index in [0.717, 1.165) is 17.7 Å². The molecule has 0 radical (unpaired) electrons. The Kier molecular flexibility index (Phi) is 7.06. The number of piperidine rings is 1. The van der Waals surface area contributed by atoms with Crippen molar-refractivity contribution in [1.82, 2.24) is 9.62 Å². The minimum absolute atomic E-state index is 0.00527. The highest BCUT2D eigenvalue weighted by atomic mass is 32.2. The Balaban J connectivity index is 1.51. The normalized spacial score (nSPS) is 16.3. The third kappa shape index (κ3) is 6.30. The summed E-state index contributed by atoms with van der Waals surface area (Å²) < 4.78 is 65.2. The fourth-order valence-electron chi connectivity index (χ4n) is 3.57. The van der Waals surface area contributed by atoms with E-state index in [-0.39, 0.29) is 37.2 Å². The van der Waals surface area contributed by atoms with Gasteiger partial charge >= 0.3 is 6.18 Å². The van der Waals surface area contributed by atoms with Crippen LogP contribution in [-0.2, 0) is 33.3 Å². The summed E-state index contributed by atoms with van der Waals surface area (Å²) >= 11 is 0. The van der Waals surface area contributed by atoms with Gasteiger partial charge in [-0.15, -0.1) is 0 Å². The van der Waals surface area contributed by atoms with Gasteiger partial charge in [-0.2, -0.15) is 13.2 Å². The van der Waals surface area contributed by atoms with E-state index in [9.17, 15) is 26.4 Å². The molecule has 2 aromatic rings. The Bertz CT molecular complexity index is 1010. The first-order valence-electron chi connectivity index (χ1n) is 10.0. The molecule has 0 atom stereocenters. The number of hydrogen-bond acceptors (Lipinski definition) is 3. The number of rotatable bonds is 6. The smallest absolute Gasteiger partial charge is 0.352 e. The van der Waals surface area contributed by atoms with Crippen LogP contribution in [0.2, 0.25) is 0 Å². The number of carbonyl (C=O) groups is 1. The first-order valence-corrected chi connectivity index (χ1v) is 11.6. The molecular formula is C22H25F3N2O3S. The molecule has 31 heavy (non-hydrogen) atoms. The summed E-state index contributed by atoms with van der Waals surface area (Å²) in [5, 5.41) is 2.67. The molecule has 0 saturated carbocycles. The van der Waals surface area contributed by atoms with Gasteiger partial charge in [-0.1, -0.05) is 42.0 Å². The first kappa shape index (κ1) is 23.3. The highest BCUT2D eigenvalue weighted by Crippen LogP contribution is 2.29. The standard InChI is InChI=1S/C22H25F3N2O3S/c1-16-5-7-17(8-6-16)15-31(29,30)27-11-9-19(10-12-27)21(28)26-14-18-3-2-4-20(13-18)22(23,24)25/h2-8,13,19H,9-12,14-15H2,1H3,(H,26,28). The molecule has 1 fully saturated rings. The Morgan fingerprint density at radius 3 is 2.32 bits per heavy atom. The average Bonchev–Trinajstić information content (AvgIpc) is 2.73. The lowest BCUT2D eigenvalue weighted by molar-refractivity contribution is -0.137. The van der Waals surface area contributed by atoms with Crippen LogP contribution >= 0.6 is 0 Å². The number of nitrogens with zero attached hydrogens (tertiary/aromatic N) is 1. The maximum absolute atomic E-state index is 12.8. The number of sulfonamides is 1. The number of amides is 1. The van der Waals surface area contributed by atoms with Crippen LogP contribution in [0.5, 0.6) is 0 Å². The zero-order valence-electron chi connectivity index (χ0n) is 17.2. The fraction of sp³-hybridized carbons (Fsp3) is 0.409. The maximum atomic E-state index is 12.8. The van der Waals surface area contributed by atoms with Crippen LogP contribution < -0.4 is 5.32 Å². The van der Waals surface area contributed by atoms with E-state index < -0.39 is 21.8 Å². The van der Waals surface area contributed by atoms with Gasteiger partial charge in [0.05, 0.1) is 11.3 Å². The molecule has 1 amide bonds. The monoisotopic (exact) mass is 454 g/mol. The highest BCUT2D eigenvalue weighted by Gasteiger charge is 2.32. The summed E-state index contributed by atoms with van der Waals surface area (Å²) in [7, 11) is -3.48. The number of carbonyl (C=O) groups excluding carboxylic acids is 1. The Morgan fingerprint density at radius 1 is 1.06 bits per heavy atom. The van der Waals surface area contributed by atoms with Gasteiger partial charge in [0, 0.05) is 25.6 Å². The molecular weight excluding hydrogens is 429 g/mol. The second kappa shape index (κ2) is 9.40. The molecule has 0 unspecified atom stereocenters. The molecule has 3 rings (SSSR count). The van der Waals surface area contributed by atoms with Crippen molar-refractivity contribution in [2.45, 2.75) is 38.2 Å². The quantitative estimate of drug-likeness (QED) is 0.721. The number of benzene rings is 2. The molecule has 9 heteroatoms. The van der Waals surface area contributed by atoms with E-state index in [2.05, 4.69) is 5.32 Å². The second-order valence-corrected chi connectivity index (χ2v) is 9.80. The molecule has 1 saturated heterocycles. The van der Waals surface area contributed by atoms with Gasteiger partial charge in [0.15, 0.2) is 0 Å². The molecule has 168 valence electrons. The molecule has 0 aromatic heterocycles. The van der Waals surface area contributed by atoms with Crippen molar-refractivity contribution < 1.29 is 26.4 Å². The molecule has 1 aliphatic heterocycles. The lowest BCUT2D eigenvalue weighted by atomic mass is 9.97. The Hall–Kier alpha value is -2.39. The largest absolute Gasteiger partial charge is 0.416 e. The molecule has 1 heterocycles. The molecule has 0 bridgehead atoms. The van der Waals surface area contributed by atoms with Crippen molar-refractivity contribution in [2.75, 3.05) is 13.1 Å². The van der Waals surface area contributed by atoms with Crippen LogP contribution in [0.3, 0.4) is 0 Å². The van der Waals surface area contributed by atoms with Crippen LogP contribution in [0.4, 0.5) is 13.2 Å². The van der Waals surface area contributed by atoms with Crippen LogP contribution in [0.15, 0.2) is 48.5 Å². The zero-order chi connectivity index (χ0) is 22.6. The second-order valence-electron chi connectivity index (χ2n) is 7.83. The van der Waals surface area contributed by atoms with Gasteiger partial charge in [-0.05, 0) is 43.0 Å². The minimum Gasteiger partial charge on any atom is -0.352 e. The fourth-order valence-corrected chi connectivity index (χ4v) is 5.14. The van der Waals surface area contributed by atoms with Crippen molar-refractivity contribution in [2.24, 2.45) is 5.92 Å². The van der Waals surface area contributed by atoms with E-state index >= 15 is 0 Å². The van der Waals surface area contributed by atoms with Crippen molar-refractivity contribution in [3.63, 3.8) is 0 Å². The molecule has 0 aliphatic carbocycles. The summed E-state index contributed by atoms with van der Waals surface area (Å²) in [5.74, 6) is -0.718. The van der Waals surface area contributed by atoms with Gasteiger partial charge in [0.2, 0.25) is 15.9 Å². The van der Waals surface area contributed by atoms with Gasteiger partial charge in [-0.3, -0.25) is 4.79 Å². The van der Waals surface area contributed by atoms with Gasteiger partial charge in [0.1, 0.15) is 0 Å². The topological polar surface area (TPSA) is 66.5 Å². The molecule has 5 nitrogen and oxygen atoms in total. The predicted octanol–water partition coefficient (Wildman–Crippen LogP) is 3.87. The summed E-state index contributed by atoms with van der Waals surface area (Å²) in [6.45, 7) is 2.42. The summed E-state index contributed by atoms with van der Waals surface area (Å²) in [5.41, 5.74) is 1.37. The van der Waals surface area contributed by atoms with Gasteiger partial charge in [0.25, 0.3) is 0 Å². The van der Waals surface area contributed by atoms with E-state index in [1.165, 1.54) is 16.4 Å². The third-order valence-electron chi connectivity index (χ3n) is 5.41. The summed E-state index contributed by atoms with van der Waals surface area (Å²) in [4.78, 5) is 12.4. The lowest BCUT2D eigenvalue weighted by Gasteiger charge is -2.30. The summed E-state index contributed by atoms with van der Waals surface area (Å²) in [6, 6.07) is 12.1. The average molecular weight is 455 g/mol. The van der Waals surface area contributed by atoms with Crippen molar-refractivity contribution >= 4 is 15.9 Å². The van der Waals surface area contributed by atoms with Gasteiger partial charge < -0.3 is 5.32 Å². The number of aryl methyl sites for hydroxylation is 1. The Labute approximate surface area is 180 Å². The lowest BCUT2D eigenvalue weighted by Crippen LogP contribution is -2.43. The highest BCUT2D eigenvalue weighted by molar-refractivity contribution is 7.88. The third-order valence-corrected chi connectivity index (χ3v) is 7.26. The van der Waals surface area contributed by atoms with Crippen molar-refractivity contribution in [1.29, 1.82) is 0 Å². The van der Waals surface area contributed by atoms with E-state index in [4.69, 9.17) is 0 Å². The van der Waals surface area contributed by atoms with E-state index in [1.807, 2.05) is 19.1 Å². The first-order chi connectivity index (χ1) is 14.5. The van der Waals surface area contributed by atoms with E-state index in [1.54, 1.807) is 12.1 Å². The maximum Gasteiger partial charge on any atom is 0.416 e.